The molecule has 0 aliphatic rings. The van der Waals surface area contributed by atoms with Gasteiger partial charge in [0, 0.05) is 18.0 Å². The Morgan fingerprint density at radius 1 is 1.21 bits per heavy atom. The van der Waals surface area contributed by atoms with Gasteiger partial charge in [0.2, 0.25) is 5.13 Å². The average molecular weight is 369 g/mol. The Morgan fingerprint density at radius 3 is 2.58 bits per heavy atom. The van der Waals surface area contributed by atoms with Crippen molar-refractivity contribution in [1.29, 1.82) is 0 Å². The summed E-state index contributed by atoms with van der Waals surface area (Å²) in [6.45, 7) is 7.33. The fraction of sp³-hybridized carbons (Fsp3) is 0.400. The molecule has 0 radical (unpaired) electrons. The molecule has 2 N–H and O–H groups in total. The fourth-order valence-corrected chi connectivity index (χ4v) is 3.73. The van der Waals surface area contributed by atoms with Crippen LogP contribution < -0.4 is 10.6 Å². The number of anilines is 2. The summed E-state index contributed by atoms with van der Waals surface area (Å²) in [5, 5.41) is 13.7. The van der Waals surface area contributed by atoms with Crippen molar-refractivity contribution in [3.8, 4) is 0 Å². The minimum Gasteiger partial charge on any atom is -0.308 e. The molecule has 2 rings (SSSR count). The molecular weight excluding hydrogens is 349 g/mol. The summed E-state index contributed by atoms with van der Waals surface area (Å²) in [5.41, 5.74) is 0.507. The molecule has 0 atom stereocenters. The number of hydrogen-bond donors (Lipinski definition) is 2. The van der Waals surface area contributed by atoms with Gasteiger partial charge in [0.25, 0.3) is 0 Å². The first kappa shape index (κ1) is 18.6. The predicted octanol–water partition coefficient (Wildman–Crippen LogP) is 3.76. The highest BCUT2D eigenvalue weighted by molar-refractivity contribution is 8.01. The molecule has 0 saturated heterocycles. The van der Waals surface area contributed by atoms with E-state index in [-0.39, 0.29) is 5.82 Å². The number of nitrogens with one attached hydrogen (secondary N) is 2. The molecule has 2 aromatic rings. The van der Waals surface area contributed by atoms with E-state index in [9.17, 15) is 9.18 Å². The van der Waals surface area contributed by atoms with E-state index in [2.05, 4.69) is 39.6 Å². The number of carbonyl (C=O) groups excluding carboxylic acids is 1. The lowest BCUT2D eigenvalue weighted by Crippen LogP contribution is -2.25. The smallest absolute Gasteiger partial charge is 0.308 e. The van der Waals surface area contributed by atoms with Crippen LogP contribution in [0.15, 0.2) is 28.6 Å². The summed E-state index contributed by atoms with van der Waals surface area (Å²) < 4.78 is 13.6. The van der Waals surface area contributed by atoms with Crippen LogP contribution in [0.1, 0.15) is 13.8 Å². The normalized spacial score (nSPS) is 10.8. The molecule has 130 valence electrons. The fourth-order valence-electron chi connectivity index (χ4n) is 1.91. The van der Waals surface area contributed by atoms with Crippen LogP contribution in [0.3, 0.4) is 0 Å². The second-order valence-corrected chi connectivity index (χ2v) is 7.15. The van der Waals surface area contributed by atoms with Crippen molar-refractivity contribution in [3.05, 3.63) is 30.1 Å². The lowest BCUT2D eigenvalue weighted by molar-refractivity contribution is 0.262. The van der Waals surface area contributed by atoms with Gasteiger partial charge < -0.3 is 10.2 Å². The first-order valence-electron chi connectivity index (χ1n) is 7.63. The van der Waals surface area contributed by atoms with Crippen molar-refractivity contribution in [1.82, 2.24) is 15.1 Å². The third kappa shape index (κ3) is 6.06. The molecule has 1 aromatic carbocycles. The van der Waals surface area contributed by atoms with Crippen LogP contribution in [-0.4, -0.2) is 46.5 Å². The van der Waals surface area contributed by atoms with Crippen LogP contribution >= 0.6 is 23.1 Å². The van der Waals surface area contributed by atoms with Crippen LogP contribution in [0.4, 0.5) is 20.0 Å². The second kappa shape index (κ2) is 9.55. The minimum atomic E-state index is -0.433. The second-order valence-electron chi connectivity index (χ2n) is 4.83. The van der Waals surface area contributed by atoms with E-state index in [0.29, 0.717) is 10.8 Å². The van der Waals surface area contributed by atoms with Crippen LogP contribution in [0.25, 0.3) is 0 Å². The van der Waals surface area contributed by atoms with E-state index in [1.54, 1.807) is 11.8 Å². The number of carbonyl (C=O) groups is 1. The number of urea groups is 1. The molecule has 6 nitrogen and oxygen atoms in total. The van der Waals surface area contributed by atoms with E-state index in [4.69, 9.17) is 0 Å². The van der Waals surface area contributed by atoms with Crippen molar-refractivity contribution in [2.45, 2.75) is 18.2 Å². The number of hydrogen-bond acceptors (Lipinski definition) is 6. The Bertz CT molecular complexity index is 646. The van der Waals surface area contributed by atoms with Crippen LogP contribution in [0.5, 0.6) is 0 Å². The van der Waals surface area contributed by atoms with Crippen molar-refractivity contribution < 1.29 is 9.18 Å². The number of thioether (sulfide) groups is 1. The van der Waals surface area contributed by atoms with Gasteiger partial charge in [0.05, 0.1) is 0 Å². The molecule has 2 amide bonds. The molecule has 9 heteroatoms. The van der Waals surface area contributed by atoms with Crippen molar-refractivity contribution >= 4 is 39.9 Å². The third-order valence-corrected chi connectivity index (χ3v) is 5.21. The molecule has 1 aromatic heterocycles. The maximum absolute atomic E-state index is 12.8. The highest BCUT2D eigenvalue weighted by Gasteiger charge is 2.09. The molecule has 24 heavy (non-hydrogen) atoms. The topological polar surface area (TPSA) is 70.2 Å². The Labute approximate surface area is 148 Å². The molecular formula is C15H20FN5OS2. The Balaban J connectivity index is 1.78. The number of halogens is 1. The van der Waals surface area contributed by atoms with E-state index in [1.165, 1.54) is 35.6 Å². The Morgan fingerprint density at radius 2 is 1.92 bits per heavy atom. The van der Waals surface area contributed by atoms with Gasteiger partial charge in [-0.05, 0) is 37.4 Å². The molecule has 0 bridgehead atoms. The quantitative estimate of drug-likeness (QED) is 0.548. The van der Waals surface area contributed by atoms with Crippen molar-refractivity contribution in [3.63, 3.8) is 0 Å². The van der Waals surface area contributed by atoms with Gasteiger partial charge in [-0.15, -0.1) is 10.2 Å². The largest absolute Gasteiger partial charge is 0.325 e. The number of aromatic nitrogens is 2. The maximum atomic E-state index is 12.8. The molecule has 0 fully saturated rings. The van der Waals surface area contributed by atoms with Gasteiger partial charge in [0.15, 0.2) is 4.34 Å². The number of rotatable bonds is 8. The van der Waals surface area contributed by atoms with Gasteiger partial charge in [-0.1, -0.05) is 36.9 Å². The van der Waals surface area contributed by atoms with Crippen LogP contribution in [-0.2, 0) is 0 Å². The molecule has 0 aliphatic heterocycles. The zero-order valence-corrected chi connectivity index (χ0v) is 15.2. The lowest BCUT2D eigenvalue weighted by atomic mass is 10.3. The zero-order chi connectivity index (χ0) is 17.4. The molecule has 1 heterocycles. The summed E-state index contributed by atoms with van der Waals surface area (Å²) in [6, 6.07) is 5.11. The number of nitrogens with zero attached hydrogens (tertiary/aromatic N) is 3. The van der Waals surface area contributed by atoms with E-state index in [0.717, 1.165) is 29.7 Å². The van der Waals surface area contributed by atoms with E-state index >= 15 is 0 Å². The summed E-state index contributed by atoms with van der Waals surface area (Å²) in [6.07, 6.45) is 0. The SMILES string of the molecule is CCN(CC)CCSc1nnc(NC(=O)Nc2ccc(F)cc2)s1. The van der Waals surface area contributed by atoms with Crippen LogP contribution in [0, 0.1) is 5.82 Å². The first-order valence-corrected chi connectivity index (χ1v) is 9.43. The minimum absolute atomic E-state index is 0.351. The van der Waals surface area contributed by atoms with Crippen molar-refractivity contribution in [2.24, 2.45) is 0 Å². The lowest BCUT2D eigenvalue weighted by Gasteiger charge is -2.16. The van der Waals surface area contributed by atoms with E-state index < -0.39 is 6.03 Å². The molecule has 0 spiro atoms. The van der Waals surface area contributed by atoms with Gasteiger partial charge in [-0.3, -0.25) is 5.32 Å². The van der Waals surface area contributed by atoms with Gasteiger partial charge >= 0.3 is 6.03 Å². The summed E-state index contributed by atoms with van der Waals surface area (Å²) >= 11 is 2.95. The maximum Gasteiger partial charge on any atom is 0.325 e. The summed E-state index contributed by atoms with van der Waals surface area (Å²) in [4.78, 5) is 14.2. The van der Waals surface area contributed by atoms with Crippen LogP contribution in [0.2, 0.25) is 0 Å². The highest BCUT2D eigenvalue weighted by Crippen LogP contribution is 2.25. The monoisotopic (exact) mass is 369 g/mol. The first-order chi connectivity index (χ1) is 11.6. The standard InChI is InChI=1S/C15H20FN5OS2/c1-3-21(4-2)9-10-23-15-20-19-14(24-15)18-13(22)17-12-7-5-11(16)6-8-12/h5-8H,3-4,9-10H2,1-2H3,(H2,17,18,19,22). The highest BCUT2D eigenvalue weighted by atomic mass is 32.2. The van der Waals surface area contributed by atoms with Gasteiger partial charge in [0.1, 0.15) is 5.82 Å². The average Bonchev–Trinajstić information content (AvgIpc) is 3.01. The number of amides is 2. The number of benzene rings is 1. The predicted molar refractivity (Wildman–Crippen MR) is 97.5 cm³/mol. The van der Waals surface area contributed by atoms with Gasteiger partial charge in [-0.25, -0.2) is 9.18 Å². The Kier molecular flexibility index (Phi) is 7.41. The third-order valence-electron chi connectivity index (χ3n) is 3.26. The van der Waals surface area contributed by atoms with Gasteiger partial charge in [-0.2, -0.15) is 0 Å². The summed E-state index contributed by atoms with van der Waals surface area (Å²) in [5.74, 6) is 0.578. The zero-order valence-electron chi connectivity index (χ0n) is 13.6. The molecule has 0 aliphatic carbocycles. The molecule has 0 unspecified atom stereocenters. The Hall–Kier alpha value is -1.71. The van der Waals surface area contributed by atoms with E-state index in [1.807, 2.05) is 0 Å². The van der Waals surface area contributed by atoms with Crippen molar-refractivity contribution in [2.75, 3.05) is 36.0 Å². The summed E-state index contributed by atoms with van der Waals surface area (Å²) in [7, 11) is 0. The molecule has 0 saturated carbocycles.